The van der Waals surface area contributed by atoms with Crippen LogP contribution >= 0.6 is 0 Å². The summed E-state index contributed by atoms with van der Waals surface area (Å²) in [5, 5.41) is 0. The molecule has 1 aromatic carbocycles. The lowest BCUT2D eigenvalue weighted by Gasteiger charge is -2.10. The number of benzene rings is 1. The van der Waals surface area contributed by atoms with E-state index in [1.165, 1.54) is 12.1 Å². The first-order valence-corrected chi connectivity index (χ1v) is 14.1. The second kappa shape index (κ2) is 10.5. The van der Waals surface area contributed by atoms with Crippen molar-refractivity contribution in [3.8, 4) is 33.6 Å². The van der Waals surface area contributed by atoms with Crippen molar-refractivity contribution in [2.45, 2.75) is 0 Å². The van der Waals surface area contributed by atoms with Gasteiger partial charge in [0.1, 0.15) is 0 Å². The van der Waals surface area contributed by atoms with Crippen LogP contribution in [0.1, 0.15) is 11.4 Å². The third-order valence-corrected chi connectivity index (χ3v) is 7.88. The average molecular weight is 619 g/mol. The lowest BCUT2D eigenvalue weighted by atomic mass is 10.0. The fourth-order valence-corrected chi connectivity index (χ4v) is 5.80. The maximum Gasteiger partial charge on any atom is 0.200 e. The second-order valence-corrected chi connectivity index (χ2v) is 10.6. The molecule has 0 atom stereocenters. The van der Waals surface area contributed by atoms with E-state index in [1.807, 2.05) is 30.3 Å². The molecule has 0 fully saturated rings. The number of H-pyrrole nitrogens is 3. The average Bonchev–Trinajstić information content (AvgIpc) is 3.91. The van der Waals surface area contributed by atoms with Crippen LogP contribution in [0.5, 0.6) is 0 Å². The zero-order chi connectivity index (χ0) is 31.5. The molecule has 0 amide bonds. The van der Waals surface area contributed by atoms with Crippen molar-refractivity contribution in [1.29, 1.82) is 0 Å². The molecule has 8 rings (SSSR count). The fourth-order valence-electron chi connectivity index (χ4n) is 5.80. The quantitative estimate of drug-likeness (QED) is 0.105. The summed E-state index contributed by atoms with van der Waals surface area (Å²) in [6.45, 7) is 0. The van der Waals surface area contributed by atoms with Gasteiger partial charge < -0.3 is 15.0 Å². The van der Waals surface area contributed by atoms with E-state index < -0.39 is 34.6 Å². The summed E-state index contributed by atoms with van der Waals surface area (Å²) < 4.78 is 74.5. The molecule has 0 radical (unpaired) electrons. The highest BCUT2D eigenvalue weighted by atomic mass is 19.2. The van der Waals surface area contributed by atoms with Gasteiger partial charge >= 0.3 is 0 Å². The molecule has 6 aromatic heterocycles. The van der Waals surface area contributed by atoms with Gasteiger partial charge in [-0.05, 0) is 72.8 Å². The number of nitrogens with zero attached hydrogens (tertiary/aromatic N) is 3. The van der Waals surface area contributed by atoms with Crippen LogP contribution in [0.2, 0.25) is 0 Å². The molecule has 11 heteroatoms. The highest BCUT2D eigenvalue weighted by molar-refractivity contribution is 5.99. The fraction of sp³-hybridized carbons (Fsp3) is 0. The third kappa shape index (κ3) is 4.27. The normalized spacial score (nSPS) is 11.9. The van der Waals surface area contributed by atoms with Gasteiger partial charge in [0.05, 0.1) is 55.9 Å². The van der Waals surface area contributed by atoms with E-state index in [2.05, 4.69) is 24.9 Å². The van der Waals surface area contributed by atoms with Gasteiger partial charge in [-0.3, -0.25) is 9.97 Å². The number of halogens is 5. The lowest BCUT2D eigenvalue weighted by molar-refractivity contribution is 0.381. The Morgan fingerprint density at radius 3 is 1.33 bits per heavy atom. The van der Waals surface area contributed by atoms with Crippen LogP contribution in [0.15, 0.2) is 85.2 Å². The van der Waals surface area contributed by atoms with Crippen molar-refractivity contribution >= 4 is 45.3 Å². The first-order valence-electron chi connectivity index (χ1n) is 14.1. The maximum atomic E-state index is 15.5. The van der Waals surface area contributed by atoms with Gasteiger partial charge in [0, 0.05) is 34.6 Å². The van der Waals surface area contributed by atoms with E-state index in [0.717, 1.165) is 11.0 Å². The predicted molar refractivity (Wildman–Crippen MR) is 167 cm³/mol. The Labute approximate surface area is 256 Å². The molecule has 1 aliphatic rings. The Kier molecular flexibility index (Phi) is 6.27. The molecular formula is C35H19F5N6. The summed E-state index contributed by atoms with van der Waals surface area (Å²) in [4.78, 5) is 23.7. The van der Waals surface area contributed by atoms with Gasteiger partial charge in [0.25, 0.3) is 0 Å². The molecule has 224 valence electrons. The van der Waals surface area contributed by atoms with E-state index in [0.29, 0.717) is 44.8 Å². The Morgan fingerprint density at radius 2 is 0.804 bits per heavy atom. The molecule has 0 spiro atoms. The van der Waals surface area contributed by atoms with Crippen LogP contribution in [-0.4, -0.2) is 29.9 Å². The van der Waals surface area contributed by atoms with Gasteiger partial charge in [-0.25, -0.2) is 26.9 Å². The van der Waals surface area contributed by atoms with E-state index in [4.69, 9.17) is 4.98 Å². The summed E-state index contributed by atoms with van der Waals surface area (Å²) in [6, 6.07) is 21.4. The Hall–Kier alpha value is -6.10. The molecule has 0 saturated carbocycles. The molecule has 7 aromatic rings. The van der Waals surface area contributed by atoms with Crippen LogP contribution in [0, 0.1) is 29.1 Å². The van der Waals surface area contributed by atoms with Crippen molar-refractivity contribution in [2.75, 3.05) is 0 Å². The highest BCUT2D eigenvalue weighted by Crippen LogP contribution is 2.39. The molecule has 1 aliphatic heterocycles. The molecule has 7 heterocycles. The minimum absolute atomic E-state index is 0.0253. The van der Waals surface area contributed by atoms with Crippen molar-refractivity contribution < 1.29 is 22.0 Å². The number of fused-ring (bicyclic) bond motifs is 9. The van der Waals surface area contributed by atoms with Crippen LogP contribution in [0.4, 0.5) is 22.0 Å². The topological polar surface area (TPSA) is 86.0 Å². The molecule has 0 unspecified atom stereocenters. The number of hydrogen-bond acceptors (Lipinski definition) is 3. The van der Waals surface area contributed by atoms with Crippen molar-refractivity contribution in [2.24, 2.45) is 0 Å². The standard InChI is InChI=1S/C35H19F5N6/c36-31-30(32(37)34(39)35(40)33(31)38)29-25-13-11-23(45-25)27(19-5-1-3-15-41-19)21-9-7-17(43-21)18-8-10-22(44-18)28(20-6-2-4-16-42-20)24-12-14-26(29)46-24/h1-16,43-45H. The van der Waals surface area contributed by atoms with E-state index in [-0.39, 0.29) is 16.8 Å². The number of hydrogen-bond donors (Lipinski definition) is 3. The van der Waals surface area contributed by atoms with Gasteiger partial charge in [-0.2, -0.15) is 0 Å². The molecule has 46 heavy (non-hydrogen) atoms. The zero-order valence-corrected chi connectivity index (χ0v) is 23.5. The summed E-state index contributed by atoms with van der Waals surface area (Å²) in [6.07, 6.45) is 6.32. The van der Waals surface area contributed by atoms with Crippen molar-refractivity contribution in [1.82, 2.24) is 29.9 Å². The number of aromatic nitrogens is 6. The third-order valence-electron chi connectivity index (χ3n) is 7.88. The molecular weight excluding hydrogens is 599 g/mol. The van der Waals surface area contributed by atoms with Crippen LogP contribution in [0.3, 0.4) is 0 Å². The molecule has 0 aliphatic carbocycles. The van der Waals surface area contributed by atoms with E-state index in [9.17, 15) is 13.2 Å². The first kappa shape index (κ1) is 27.4. The van der Waals surface area contributed by atoms with Crippen molar-refractivity contribution in [3.63, 3.8) is 0 Å². The highest BCUT2D eigenvalue weighted by Gasteiger charge is 2.29. The van der Waals surface area contributed by atoms with Crippen LogP contribution < -0.4 is 0 Å². The van der Waals surface area contributed by atoms with Crippen LogP contribution in [0.25, 0.3) is 78.9 Å². The smallest absolute Gasteiger partial charge is 0.200 e. The van der Waals surface area contributed by atoms with Gasteiger partial charge in [-0.15, -0.1) is 0 Å². The Bertz CT molecular complexity index is 2450. The van der Waals surface area contributed by atoms with Gasteiger partial charge in [-0.1, -0.05) is 12.1 Å². The second-order valence-electron chi connectivity index (χ2n) is 10.6. The molecule has 6 nitrogen and oxygen atoms in total. The first-order chi connectivity index (χ1) is 22.4. The zero-order valence-electron chi connectivity index (χ0n) is 23.5. The SMILES string of the molecule is Fc1c(F)c(F)c(-c2c3nc(c(-c4ccccn4)c4ccc([nH]4)c4ccc([nH]4)c(-c4ccccn4)c4ccc2[nH]4)C=C3)c(F)c1F. The van der Waals surface area contributed by atoms with E-state index in [1.54, 1.807) is 54.9 Å². The van der Waals surface area contributed by atoms with Gasteiger partial charge in [0.15, 0.2) is 23.3 Å². The largest absolute Gasteiger partial charge is 0.354 e. The summed E-state index contributed by atoms with van der Waals surface area (Å²) in [5.41, 5.74) is 4.54. The van der Waals surface area contributed by atoms with E-state index >= 15 is 8.78 Å². The minimum Gasteiger partial charge on any atom is -0.354 e. The number of nitrogens with one attached hydrogen (secondary N) is 3. The predicted octanol–water partition coefficient (Wildman–Crippen LogP) is 9.18. The summed E-state index contributed by atoms with van der Waals surface area (Å²) >= 11 is 0. The Morgan fingerprint density at radius 1 is 0.391 bits per heavy atom. The minimum atomic E-state index is -2.25. The molecule has 8 bridgehead atoms. The van der Waals surface area contributed by atoms with Gasteiger partial charge in [0.2, 0.25) is 5.82 Å². The molecule has 3 N–H and O–H groups in total. The number of aromatic amines is 3. The van der Waals surface area contributed by atoms with Crippen LogP contribution in [-0.2, 0) is 0 Å². The lowest BCUT2D eigenvalue weighted by Crippen LogP contribution is -2.05. The number of rotatable bonds is 3. The monoisotopic (exact) mass is 618 g/mol. The van der Waals surface area contributed by atoms with Crippen molar-refractivity contribution in [3.05, 3.63) is 126 Å². The summed E-state index contributed by atoms with van der Waals surface area (Å²) in [7, 11) is 0. The molecule has 0 saturated heterocycles. The maximum absolute atomic E-state index is 15.5. The number of pyridine rings is 2. The Balaban J connectivity index is 1.61. The summed E-state index contributed by atoms with van der Waals surface area (Å²) in [5.74, 6) is -10.3.